The van der Waals surface area contributed by atoms with Crippen molar-refractivity contribution in [1.82, 2.24) is 0 Å². The molecule has 1 spiro atoms. The number of imide groups is 3. The van der Waals surface area contributed by atoms with Crippen molar-refractivity contribution in [1.29, 1.82) is 0 Å². The van der Waals surface area contributed by atoms with Crippen molar-refractivity contribution in [2.45, 2.75) is 0 Å². The predicted molar refractivity (Wildman–Crippen MR) is 28.9 cm³/mol. The molecule has 8 heteroatoms. The Morgan fingerprint density at radius 3 is 2.00 bits per heavy atom. The quantitative estimate of drug-likeness (QED) is 0.122. The first-order valence-electron chi connectivity index (χ1n) is 3.08. The first kappa shape index (κ1) is 8.56. The molecular formula is C5H2INO6. The molecule has 0 atom stereocenters. The Morgan fingerprint density at radius 1 is 1.00 bits per heavy atom. The first-order chi connectivity index (χ1) is 6.07. The van der Waals surface area contributed by atoms with Crippen LogP contribution < -0.4 is 21.2 Å². The van der Waals surface area contributed by atoms with Crippen LogP contribution in [0.15, 0.2) is 0 Å². The van der Waals surface area contributed by atoms with Crippen molar-refractivity contribution in [2.24, 2.45) is 0 Å². The van der Waals surface area contributed by atoms with Gasteiger partial charge in [-0.3, -0.25) is 0 Å². The molecule has 2 rings (SSSR count). The van der Waals surface area contributed by atoms with E-state index in [0.29, 0.717) is 0 Å². The van der Waals surface area contributed by atoms with E-state index in [2.05, 4.69) is 9.47 Å². The minimum absolute atomic E-state index is 0.0891. The Bertz CT molecular complexity index is 335. The molecule has 7 nitrogen and oxygen atoms in total. The number of nitrogens with zero attached hydrogens (tertiary/aromatic N) is 1. The zero-order chi connectivity index (χ0) is 9.64. The number of cyclic esters (lactones) is 4. The van der Waals surface area contributed by atoms with E-state index in [0.717, 1.165) is 0 Å². The van der Waals surface area contributed by atoms with Crippen LogP contribution in [0, 0.1) is 0 Å². The summed E-state index contributed by atoms with van der Waals surface area (Å²) < 4.78 is 6.45. The molecule has 0 aromatic heterocycles. The van der Waals surface area contributed by atoms with Gasteiger partial charge in [0.15, 0.2) is 0 Å². The zero-order valence-corrected chi connectivity index (χ0v) is 8.14. The van der Waals surface area contributed by atoms with Crippen LogP contribution in [-0.4, -0.2) is 31.3 Å². The number of carbonyl (C=O) groups is 4. The van der Waals surface area contributed by atoms with E-state index in [1.54, 1.807) is 0 Å². The second-order valence-electron chi connectivity index (χ2n) is 2.30. The fourth-order valence-corrected chi connectivity index (χ4v) is 2.84. The van der Waals surface area contributed by atoms with Gasteiger partial charge in [0.05, 0.1) is 0 Å². The van der Waals surface area contributed by atoms with Gasteiger partial charge in [-0.1, -0.05) is 0 Å². The Kier molecular flexibility index (Phi) is 1.63. The molecule has 0 bridgehead atoms. The molecule has 13 heavy (non-hydrogen) atoms. The average Bonchev–Trinajstić information content (AvgIpc) is 2.04. The van der Waals surface area contributed by atoms with E-state index < -0.39 is 47.9 Å². The van der Waals surface area contributed by atoms with Crippen LogP contribution in [0.3, 0.4) is 0 Å². The van der Waals surface area contributed by atoms with Gasteiger partial charge in [-0.15, -0.1) is 0 Å². The third-order valence-corrected chi connectivity index (χ3v) is 3.83. The van der Waals surface area contributed by atoms with Crippen LogP contribution in [0.25, 0.3) is 0 Å². The van der Waals surface area contributed by atoms with Crippen molar-refractivity contribution in [2.75, 3.05) is 4.55 Å². The van der Waals surface area contributed by atoms with E-state index in [1.807, 2.05) is 0 Å². The predicted octanol–water partition coefficient (Wildman–Crippen LogP) is -2.61. The summed E-state index contributed by atoms with van der Waals surface area (Å²) >= 11 is -1.11. The van der Waals surface area contributed by atoms with Crippen molar-refractivity contribution in [3.05, 3.63) is 0 Å². The molecule has 0 aromatic rings. The fourth-order valence-electron chi connectivity index (χ4n) is 0.874. The summed E-state index contributed by atoms with van der Waals surface area (Å²) in [4.78, 5) is 43.4. The van der Waals surface area contributed by atoms with E-state index >= 15 is 0 Å². The summed E-state index contributed by atoms with van der Waals surface area (Å²) in [5, 5.41) is 0. The molecular weight excluding hydrogens is 297 g/mol. The van der Waals surface area contributed by atoms with Gasteiger partial charge < -0.3 is 0 Å². The number of hydrogen-bond donors (Lipinski definition) is 0. The standard InChI is InChI=1S/C5H2INO6/c8-2-6-1-7(3(9)12-2)4(10)13-5(7)11/h1H2. The monoisotopic (exact) mass is 299 g/mol. The fraction of sp³-hybridized carbons (Fsp3) is 0.200. The molecule has 0 saturated carbocycles. The van der Waals surface area contributed by atoms with Crippen molar-refractivity contribution in [3.8, 4) is 0 Å². The maximum absolute atomic E-state index is 11.1. The van der Waals surface area contributed by atoms with Crippen LogP contribution in [0.1, 0.15) is 0 Å². The van der Waals surface area contributed by atoms with Gasteiger partial charge in [-0.2, -0.15) is 0 Å². The molecule has 2 heterocycles. The Labute approximate surface area is 81.4 Å². The first-order valence-corrected chi connectivity index (χ1v) is 5.68. The second-order valence-corrected chi connectivity index (χ2v) is 4.63. The molecule has 2 aliphatic rings. The molecule has 2 aliphatic heterocycles. The second kappa shape index (κ2) is 2.48. The third-order valence-electron chi connectivity index (χ3n) is 1.63. The minimum atomic E-state index is -1.14. The van der Waals surface area contributed by atoms with Crippen LogP contribution >= 0.6 is 0 Å². The van der Waals surface area contributed by atoms with E-state index in [4.69, 9.17) is 0 Å². The Morgan fingerprint density at radius 2 is 1.54 bits per heavy atom. The van der Waals surface area contributed by atoms with Crippen LogP contribution in [-0.2, 0) is 9.47 Å². The van der Waals surface area contributed by atoms with Crippen LogP contribution in [0.4, 0.5) is 19.2 Å². The van der Waals surface area contributed by atoms with Gasteiger partial charge >= 0.3 is 81.1 Å². The molecule has 3 amide bonds. The Hall–Kier alpha value is -1.03. The normalized spacial score (nSPS) is 25.8. The number of hydrogen-bond acceptors (Lipinski definition) is 6. The number of ether oxygens (including phenoxy) is 2. The van der Waals surface area contributed by atoms with Gasteiger partial charge in [0.2, 0.25) is 0 Å². The van der Waals surface area contributed by atoms with Gasteiger partial charge in [0.1, 0.15) is 0 Å². The summed E-state index contributed by atoms with van der Waals surface area (Å²) in [6.45, 7) is 0. The van der Waals surface area contributed by atoms with E-state index in [9.17, 15) is 19.2 Å². The van der Waals surface area contributed by atoms with Crippen molar-refractivity contribution >= 4 is 22.3 Å². The van der Waals surface area contributed by atoms with Crippen LogP contribution in [0.5, 0.6) is 0 Å². The van der Waals surface area contributed by atoms with Crippen molar-refractivity contribution in [3.63, 3.8) is 0 Å². The number of quaternary nitrogens is 1. The average molecular weight is 299 g/mol. The maximum atomic E-state index is 11.1. The summed E-state index contributed by atoms with van der Waals surface area (Å²) in [6.07, 6.45) is -3.05. The molecule has 0 aromatic carbocycles. The molecule has 0 unspecified atom stereocenters. The third kappa shape index (κ3) is 0.920. The Balaban J connectivity index is 2.33. The molecule has 0 aliphatic carbocycles. The number of rotatable bonds is 0. The van der Waals surface area contributed by atoms with Crippen LogP contribution in [0.2, 0.25) is 0 Å². The van der Waals surface area contributed by atoms with E-state index in [1.165, 1.54) is 0 Å². The molecule has 2 fully saturated rings. The summed E-state index contributed by atoms with van der Waals surface area (Å²) in [6, 6.07) is 0. The topological polar surface area (TPSA) is 86.7 Å². The molecule has 2 saturated heterocycles. The molecule has 0 N–H and O–H groups in total. The number of alkyl halides is 1. The number of amides is 3. The summed E-state index contributed by atoms with van der Waals surface area (Å²) in [5.74, 6) is 0. The van der Waals surface area contributed by atoms with Crippen molar-refractivity contribution < 1.29 is 54.3 Å². The van der Waals surface area contributed by atoms with Gasteiger partial charge in [-0.05, 0) is 0 Å². The zero-order valence-electron chi connectivity index (χ0n) is 5.98. The number of halogens is 1. The van der Waals surface area contributed by atoms with Gasteiger partial charge in [-0.25, -0.2) is 0 Å². The van der Waals surface area contributed by atoms with Gasteiger partial charge in [0, 0.05) is 0 Å². The number of carbonyl (C=O) groups excluding carboxylic acids is 4. The SMILES string of the molecule is O=C1OC(=O)[N+]2(C[I-]1)C(=O)OC2=O. The summed E-state index contributed by atoms with van der Waals surface area (Å²) in [7, 11) is 0. The molecule has 70 valence electrons. The van der Waals surface area contributed by atoms with Gasteiger partial charge in [0.25, 0.3) is 0 Å². The van der Waals surface area contributed by atoms with E-state index in [-0.39, 0.29) is 4.55 Å². The molecule has 0 radical (unpaired) electrons. The summed E-state index contributed by atoms with van der Waals surface area (Å²) in [5.41, 5.74) is 0.